The molecule has 3 heterocycles. The van der Waals surface area contributed by atoms with Gasteiger partial charge in [-0.05, 0) is 51.7 Å². The molecule has 192 valence electrons. The molecule has 11 heteroatoms. The average Bonchev–Trinajstić information content (AvgIpc) is 3.51. The van der Waals surface area contributed by atoms with Crippen molar-refractivity contribution in [3.63, 3.8) is 0 Å². The first-order valence-corrected chi connectivity index (χ1v) is 12.2. The first kappa shape index (κ1) is 25.3. The average molecular weight is 499 g/mol. The summed E-state index contributed by atoms with van der Waals surface area (Å²) >= 11 is 0. The molecule has 1 aliphatic heterocycles. The number of aromatic nitrogens is 3. The van der Waals surface area contributed by atoms with Crippen LogP contribution in [0.3, 0.4) is 0 Å². The zero-order valence-electron chi connectivity index (χ0n) is 20.6. The van der Waals surface area contributed by atoms with Gasteiger partial charge in [-0.15, -0.1) is 0 Å². The highest BCUT2D eigenvalue weighted by Crippen LogP contribution is 2.22. The number of fused-ring (bicyclic) bond motifs is 1. The Bertz CT molecular complexity index is 1250. The highest BCUT2D eigenvalue weighted by atomic mass is 19.1. The van der Waals surface area contributed by atoms with Gasteiger partial charge in [-0.25, -0.2) is 9.37 Å². The van der Waals surface area contributed by atoms with E-state index in [9.17, 15) is 18.8 Å². The number of aryl methyl sites for hydroxylation is 1. The number of likely N-dealkylation sites (tertiary alicyclic amines) is 1. The van der Waals surface area contributed by atoms with E-state index in [1.165, 1.54) is 12.1 Å². The number of imidazole rings is 1. The van der Waals surface area contributed by atoms with Crippen molar-refractivity contribution in [1.29, 1.82) is 0 Å². The molecular formula is C25H31FN6O4. The van der Waals surface area contributed by atoms with Gasteiger partial charge in [0.05, 0.1) is 18.0 Å². The number of carbonyl (C=O) groups excluding carboxylic acids is 3. The van der Waals surface area contributed by atoms with Crippen molar-refractivity contribution >= 4 is 28.8 Å². The number of hydrogen-bond donors (Lipinski definition) is 3. The molecule has 36 heavy (non-hydrogen) atoms. The Kier molecular flexibility index (Phi) is 7.66. The number of halogens is 1. The van der Waals surface area contributed by atoms with Crippen LogP contribution in [0.2, 0.25) is 0 Å². The molecule has 3 N–H and O–H groups in total. The number of H-pyrrole nitrogens is 1. The molecule has 0 radical (unpaired) electrons. The molecule has 0 bridgehead atoms. The van der Waals surface area contributed by atoms with Gasteiger partial charge < -0.3 is 25.0 Å². The van der Waals surface area contributed by atoms with Gasteiger partial charge >= 0.3 is 0 Å². The van der Waals surface area contributed by atoms with Crippen LogP contribution in [-0.4, -0.2) is 56.4 Å². The fraction of sp³-hybridized carbons (Fsp3) is 0.480. The summed E-state index contributed by atoms with van der Waals surface area (Å²) in [5, 5.41) is 9.12. The van der Waals surface area contributed by atoms with Crippen molar-refractivity contribution in [2.45, 2.75) is 71.0 Å². The zero-order chi connectivity index (χ0) is 25.8. The summed E-state index contributed by atoms with van der Waals surface area (Å²) in [4.78, 5) is 48.3. The summed E-state index contributed by atoms with van der Waals surface area (Å²) in [5.41, 5.74) is 0.692. The van der Waals surface area contributed by atoms with Crippen LogP contribution in [-0.2, 0) is 9.59 Å². The van der Waals surface area contributed by atoms with E-state index in [0.717, 1.165) is 25.7 Å². The van der Waals surface area contributed by atoms with Crippen LogP contribution < -0.4 is 10.6 Å². The van der Waals surface area contributed by atoms with E-state index in [4.69, 9.17) is 4.52 Å². The minimum atomic E-state index is -1.15. The van der Waals surface area contributed by atoms with Crippen molar-refractivity contribution in [3.8, 4) is 0 Å². The largest absolute Gasteiger partial charge is 0.361 e. The van der Waals surface area contributed by atoms with E-state index in [1.807, 2.05) is 11.8 Å². The van der Waals surface area contributed by atoms with Gasteiger partial charge in [0.15, 0.2) is 5.69 Å². The van der Waals surface area contributed by atoms with E-state index >= 15 is 0 Å². The van der Waals surface area contributed by atoms with Gasteiger partial charge in [-0.2, -0.15) is 0 Å². The Morgan fingerprint density at radius 1 is 1.28 bits per heavy atom. The fourth-order valence-electron chi connectivity index (χ4n) is 4.56. The Morgan fingerprint density at radius 2 is 2.08 bits per heavy atom. The van der Waals surface area contributed by atoms with Crippen LogP contribution in [0.4, 0.5) is 4.39 Å². The van der Waals surface area contributed by atoms with Crippen molar-refractivity contribution in [2.75, 3.05) is 6.54 Å². The number of hydrogen-bond acceptors (Lipinski definition) is 6. The maximum Gasteiger partial charge on any atom is 0.274 e. The van der Waals surface area contributed by atoms with Gasteiger partial charge in [0.2, 0.25) is 11.8 Å². The van der Waals surface area contributed by atoms with Gasteiger partial charge in [0.25, 0.3) is 5.91 Å². The molecule has 3 aromatic rings. The van der Waals surface area contributed by atoms with E-state index in [1.54, 1.807) is 26.0 Å². The smallest absolute Gasteiger partial charge is 0.274 e. The lowest BCUT2D eigenvalue weighted by atomic mass is 9.99. The lowest BCUT2D eigenvalue weighted by molar-refractivity contribution is -0.138. The highest BCUT2D eigenvalue weighted by molar-refractivity contribution is 5.97. The second-order valence-corrected chi connectivity index (χ2v) is 9.18. The van der Waals surface area contributed by atoms with Crippen LogP contribution in [0, 0.1) is 12.7 Å². The minimum Gasteiger partial charge on any atom is -0.361 e. The predicted octanol–water partition coefficient (Wildman–Crippen LogP) is 3.16. The van der Waals surface area contributed by atoms with Crippen LogP contribution in [0.5, 0.6) is 0 Å². The minimum absolute atomic E-state index is 0.0166. The number of para-hydroxylation sites is 1. The Labute approximate surface area is 208 Å². The fourth-order valence-corrected chi connectivity index (χ4v) is 4.56. The van der Waals surface area contributed by atoms with Crippen LogP contribution in [0.1, 0.15) is 74.1 Å². The molecule has 0 aliphatic carbocycles. The summed E-state index contributed by atoms with van der Waals surface area (Å²) in [6.07, 6.45) is 3.51. The molecule has 1 aliphatic rings. The topological polar surface area (TPSA) is 133 Å². The molecule has 0 saturated carbocycles. The number of piperidine rings is 1. The van der Waals surface area contributed by atoms with Crippen LogP contribution in [0.25, 0.3) is 11.0 Å². The molecule has 3 amide bonds. The molecule has 10 nitrogen and oxygen atoms in total. The first-order chi connectivity index (χ1) is 17.3. The van der Waals surface area contributed by atoms with Gasteiger partial charge in [-0.3, -0.25) is 14.4 Å². The third-order valence-corrected chi connectivity index (χ3v) is 6.53. The number of nitrogens with zero attached hydrogens (tertiary/aromatic N) is 3. The van der Waals surface area contributed by atoms with Gasteiger partial charge in [0.1, 0.15) is 29.0 Å². The van der Waals surface area contributed by atoms with Crippen molar-refractivity contribution in [1.82, 2.24) is 30.7 Å². The number of benzene rings is 1. The molecular weight excluding hydrogens is 467 g/mol. The second-order valence-electron chi connectivity index (χ2n) is 9.18. The number of carbonyl (C=O) groups is 3. The molecule has 0 spiro atoms. The third-order valence-electron chi connectivity index (χ3n) is 6.53. The van der Waals surface area contributed by atoms with Crippen LogP contribution in [0.15, 0.2) is 28.8 Å². The normalized spacial score (nSPS) is 17.6. The lowest BCUT2D eigenvalue weighted by Crippen LogP contribution is -2.52. The zero-order valence-corrected chi connectivity index (χ0v) is 20.6. The Balaban J connectivity index is 1.51. The third kappa shape index (κ3) is 5.55. The summed E-state index contributed by atoms with van der Waals surface area (Å²) in [5.74, 6) is -1.03. The van der Waals surface area contributed by atoms with Gasteiger partial charge in [0, 0.05) is 18.7 Å². The quantitative estimate of drug-likeness (QED) is 0.437. The van der Waals surface area contributed by atoms with E-state index in [-0.39, 0.29) is 29.6 Å². The maximum atomic E-state index is 14.1. The first-order valence-electron chi connectivity index (χ1n) is 12.2. The predicted molar refractivity (Wildman–Crippen MR) is 129 cm³/mol. The molecule has 1 fully saturated rings. The summed E-state index contributed by atoms with van der Waals surface area (Å²) in [6, 6.07) is 4.33. The number of nitrogens with one attached hydrogen (secondary N) is 3. The summed E-state index contributed by atoms with van der Waals surface area (Å²) in [7, 11) is 0. The SMILES string of the molecule is CC[C@H]1CCCCN1C(=O)CC(NC(=O)c1cc(C)on1)C(=O)NC(C)c1nc2cccc(F)c2[nH]1. The summed E-state index contributed by atoms with van der Waals surface area (Å²) in [6.45, 7) is 6.00. The van der Waals surface area contributed by atoms with E-state index < -0.39 is 29.7 Å². The van der Waals surface area contributed by atoms with Gasteiger partial charge in [-0.1, -0.05) is 18.1 Å². The Hall–Kier alpha value is -3.76. The number of rotatable bonds is 8. The number of amides is 3. The van der Waals surface area contributed by atoms with Crippen LogP contribution >= 0.6 is 0 Å². The maximum absolute atomic E-state index is 14.1. The van der Waals surface area contributed by atoms with Crippen molar-refractivity contribution < 1.29 is 23.3 Å². The number of aromatic amines is 1. The molecule has 1 saturated heterocycles. The Morgan fingerprint density at radius 3 is 2.78 bits per heavy atom. The summed E-state index contributed by atoms with van der Waals surface area (Å²) < 4.78 is 19.0. The molecule has 1 aromatic carbocycles. The molecule has 3 atom stereocenters. The van der Waals surface area contributed by atoms with Crippen molar-refractivity contribution in [2.24, 2.45) is 0 Å². The standard InChI is InChI=1S/C25H31FN6O4/c1-4-16-8-5-6-11-32(16)21(33)13-19(29-25(35)20-12-14(2)36-31-20)24(34)27-15(3)23-28-18-10-7-9-17(26)22(18)30-23/h7,9-10,12,15-16,19H,4-6,8,11,13H2,1-3H3,(H,27,34)(H,28,30)(H,29,35)/t15?,16-,19?/m0/s1. The highest BCUT2D eigenvalue weighted by Gasteiger charge is 2.32. The molecule has 4 rings (SSSR count). The van der Waals surface area contributed by atoms with Crippen molar-refractivity contribution in [3.05, 3.63) is 47.4 Å². The van der Waals surface area contributed by atoms with E-state index in [2.05, 4.69) is 25.8 Å². The second kappa shape index (κ2) is 10.9. The molecule has 2 aromatic heterocycles. The lowest BCUT2D eigenvalue weighted by Gasteiger charge is -2.36. The molecule has 2 unspecified atom stereocenters. The van der Waals surface area contributed by atoms with E-state index in [0.29, 0.717) is 23.6 Å². The monoisotopic (exact) mass is 498 g/mol.